The standard InChI is InChI=1S/C11H15BrN2O2/c1-2-14-5-6-16-10-4-3-8(12)7-9(10)11(13)15/h3-4,7,14H,2,5-6H2,1H3,(H2,13,15). The summed E-state index contributed by atoms with van der Waals surface area (Å²) >= 11 is 3.28. The summed E-state index contributed by atoms with van der Waals surface area (Å²) in [6.45, 7) is 4.17. The van der Waals surface area contributed by atoms with Crippen LogP contribution in [-0.2, 0) is 0 Å². The van der Waals surface area contributed by atoms with Crippen LogP contribution >= 0.6 is 15.9 Å². The van der Waals surface area contributed by atoms with Gasteiger partial charge in [-0.3, -0.25) is 4.79 Å². The van der Waals surface area contributed by atoms with Gasteiger partial charge in [0, 0.05) is 11.0 Å². The number of nitrogens with two attached hydrogens (primary N) is 1. The van der Waals surface area contributed by atoms with Crippen LogP contribution in [0.5, 0.6) is 5.75 Å². The molecule has 0 aliphatic rings. The smallest absolute Gasteiger partial charge is 0.252 e. The maximum Gasteiger partial charge on any atom is 0.252 e. The number of benzene rings is 1. The third-order valence-electron chi connectivity index (χ3n) is 1.99. The van der Waals surface area contributed by atoms with E-state index in [0.29, 0.717) is 17.9 Å². The highest BCUT2D eigenvalue weighted by Crippen LogP contribution is 2.22. The quantitative estimate of drug-likeness (QED) is 0.780. The van der Waals surface area contributed by atoms with E-state index in [1.807, 2.05) is 13.0 Å². The molecule has 0 spiro atoms. The van der Waals surface area contributed by atoms with Crippen molar-refractivity contribution in [2.45, 2.75) is 6.92 Å². The molecule has 0 unspecified atom stereocenters. The van der Waals surface area contributed by atoms with Gasteiger partial charge in [-0.15, -0.1) is 0 Å². The summed E-state index contributed by atoms with van der Waals surface area (Å²) in [7, 11) is 0. The van der Waals surface area contributed by atoms with E-state index < -0.39 is 5.91 Å². The number of ether oxygens (including phenoxy) is 1. The minimum atomic E-state index is -0.486. The average molecular weight is 287 g/mol. The molecule has 0 fully saturated rings. The lowest BCUT2D eigenvalue weighted by Gasteiger charge is -2.10. The molecule has 1 amide bonds. The van der Waals surface area contributed by atoms with Crippen LogP contribution in [0.15, 0.2) is 22.7 Å². The SMILES string of the molecule is CCNCCOc1ccc(Br)cc1C(N)=O. The van der Waals surface area contributed by atoms with Gasteiger partial charge >= 0.3 is 0 Å². The van der Waals surface area contributed by atoms with Crippen molar-refractivity contribution >= 4 is 21.8 Å². The molecular formula is C11H15BrN2O2. The van der Waals surface area contributed by atoms with E-state index in [0.717, 1.165) is 17.6 Å². The van der Waals surface area contributed by atoms with Gasteiger partial charge in [0.2, 0.25) is 0 Å². The first-order chi connectivity index (χ1) is 7.65. The van der Waals surface area contributed by atoms with Crippen molar-refractivity contribution < 1.29 is 9.53 Å². The number of rotatable bonds is 6. The molecule has 1 aromatic carbocycles. The highest BCUT2D eigenvalue weighted by molar-refractivity contribution is 9.10. The van der Waals surface area contributed by atoms with E-state index in [2.05, 4.69) is 21.2 Å². The van der Waals surface area contributed by atoms with Crippen LogP contribution in [0.25, 0.3) is 0 Å². The van der Waals surface area contributed by atoms with Gasteiger partial charge in [0.15, 0.2) is 0 Å². The number of carbonyl (C=O) groups excluding carboxylic acids is 1. The monoisotopic (exact) mass is 286 g/mol. The van der Waals surface area contributed by atoms with Crippen LogP contribution in [0.3, 0.4) is 0 Å². The summed E-state index contributed by atoms with van der Waals surface area (Å²) < 4.78 is 6.28. The molecule has 4 nitrogen and oxygen atoms in total. The predicted molar refractivity (Wildman–Crippen MR) is 66.7 cm³/mol. The van der Waals surface area contributed by atoms with Crippen molar-refractivity contribution in [3.8, 4) is 5.75 Å². The van der Waals surface area contributed by atoms with Crippen molar-refractivity contribution in [1.82, 2.24) is 5.32 Å². The minimum absolute atomic E-state index is 0.394. The second kappa shape index (κ2) is 6.50. The third kappa shape index (κ3) is 3.83. The minimum Gasteiger partial charge on any atom is -0.491 e. The fourth-order valence-electron chi connectivity index (χ4n) is 1.23. The maximum absolute atomic E-state index is 11.2. The highest BCUT2D eigenvalue weighted by Gasteiger charge is 2.09. The van der Waals surface area contributed by atoms with Crippen molar-refractivity contribution in [2.24, 2.45) is 5.73 Å². The summed E-state index contributed by atoms with van der Waals surface area (Å²) in [4.78, 5) is 11.2. The molecule has 0 aliphatic carbocycles. The van der Waals surface area contributed by atoms with Gasteiger partial charge in [0.25, 0.3) is 5.91 Å². The number of hydrogen-bond acceptors (Lipinski definition) is 3. The zero-order valence-corrected chi connectivity index (χ0v) is 10.7. The number of carbonyl (C=O) groups is 1. The molecule has 1 rings (SSSR count). The van der Waals surface area contributed by atoms with E-state index in [-0.39, 0.29) is 0 Å². The van der Waals surface area contributed by atoms with Crippen molar-refractivity contribution in [3.05, 3.63) is 28.2 Å². The van der Waals surface area contributed by atoms with Gasteiger partial charge in [-0.1, -0.05) is 22.9 Å². The largest absolute Gasteiger partial charge is 0.491 e. The first-order valence-electron chi connectivity index (χ1n) is 5.08. The normalized spacial score (nSPS) is 10.1. The van der Waals surface area contributed by atoms with Gasteiger partial charge in [-0.2, -0.15) is 0 Å². The van der Waals surface area contributed by atoms with Gasteiger partial charge in [0.1, 0.15) is 12.4 Å². The van der Waals surface area contributed by atoms with E-state index >= 15 is 0 Å². The molecule has 0 atom stereocenters. The van der Waals surface area contributed by atoms with Gasteiger partial charge < -0.3 is 15.8 Å². The van der Waals surface area contributed by atoms with Gasteiger partial charge in [-0.05, 0) is 24.7 Å². The second-order valence-electron chi connectivity index (χ2n) is 3.21. The number of likely N-dealkylation sites (N-methyl/N-ethyl adjacent to an activating group) is 1. The lowest BCUT2D eigenvalue weighted by Crippen LogP contribution is -2.21. The Hall–Kier alpha value is -1.07. The molecule has 0 aromatic heterocycles. The fourth-order valence-corrected chi connectivity index (χ4v) is 1.59. The predicted octanol–water partition coefficient (Wildman–Crippen LogP) is 1.54. The van der Waals surface area contributed by atoms with Crippen LogP contribution in [0.4, 0.5) is 0 Å². The number of primary amides is 1. The Morgan fingerprint density at radius 2 is 2.31 bits per heavy atom. The Bertz CT molecular complexity index is 369. The Labute approximate surface area is 103 Å². The number of nitrogens with one attached hydrogen (secondary N) is 1. The van der Waals surface area contributed by atoms with Crippen molar-refractivity contribution in [1.29, 1.82) is 0 Å². The summed E-state index contributed by atoms with van der Waals surface area (Å²) in [6.07, 6.45) is 0. The first-order valence-corrected chi connectivity index (χ1v) is 5.87. The number of halogens is 1. The van der Waals surface area contributed by atoms with E-state index in [4.69, 9.17) is 10.5 Å². The molecule has 0 bridgehead atoms. The molecule has 0 saturated carbocycles. The Balaban J connectivity index is 2.67. The van der Waals surface area contributed by atoms with Crippen LogP contribution in [-0.4, -0.2) is 25.6 Å². The number of amides is 1. The van der Waals surface area contributed by atoms with Gasteiger partial charge in [0.05, 0.1) is 5.56 Å². The Morgan fingerprint density at radius 1 is 1.56 bits per heavy atom. The summed E-state index contributed by atoms with van der Waals surface area (Å²) in [6, 6.07) is 5.20. The van der Waals surface area contributed by atoms with Gasteiger partial charge in [-0.25, -0.2) is 0 Å². The average Bonchev–Trinajstić information content (AvgIpc) is 2.26. The van der Waals surface area contributed by atoms with Crippen LogP contribution < -0.4 is 15.8 Å². The van der Waals surface area contributed by atoms with Crippen LogP contribution in [0, 0.1) is 0 Å². The topological polar surface area (TPSA) is 64.3 Å². The zero-order chi connectivity index (χ0) is 12.0. The molecule has 1 aromatic rings. The summed E-state index contributed by atoms with van der Waals surface area (Å²) in [5, 5.41) is 3.13. The number of hydrogen-bond donors (Lipinski definition) is 2. The Kier molecular flexibility index (Phi) is 5.28. The van der Waals surface area contributed by atoms with Crippen LogP contribution in [0.2, 0.25) is 0 Å². The molecule has 0 aliphatic heterocycles. The van der Waals surface area contributed by atoms with Crippen LogP contribution in [0.1, 0.15) is 17.3 Å². The maximum atomic E-state index is 11.2. The molecule has 88 valence electrons. The van der Waals surface area contributed by atoms with E-state index in [1.54, 1.807) is 12.1 Å². The zero-order valence-electron chi connectivity index (χ0n) is 9.13. The third-order valence-corrected chi connectivity index (χ3v) is 2.49. The molecule has 0 saturated heterocycles. The highest BCUT2D eigenvalue weighted by atomic mass is 79.9. The van der Waals surface area contributed by atoms with Crippen molar-refractivity contribution in [2.75, 3.05) is 19.7 Å². The molecule has 5 heteroatoms. The lowest BCUT2D eigenvalue weighted by atomic mass is 10.2. The summed E-state index contributed by atoms with van der Waals surface area (Å²) in [5.74, 6) is 0.0355. The molecule has 0 radical (unpaired) electrons. The Morgan fingerprint density at radius 3 is 2.94 bits per heavy atom. The summed E-state index contributed by atoms with van der Waals surface area (Å²) in [5.41, 5.74) is 5.65. The molecule has 16 heavy (non-hydrogen) atoms. The van der Waals surface area contributed by atoms with E-state index in [1.165, 1.54) is 0 Å². The lowest BCUT2D eigenvalue weighted by molar-refractivity contribution is 0.0996. The first kappa shape index (κ1) is 13.0. The molecule has 3 N–H and O–H groups in total. The molecular weight excluding hydrogens is 272 g/mol. The fraction of sp³-hybridized carbons (Fsp3) is 0.364. The van der Waals surface area contributed by atoms with E-state index in [9.17, 15) is 4.79 Å². The van der Waals surface area contributed by atoms with Crippen molar-refractivity contribution in [3.63, 3.8) is 0 Å². The second-order valence-corrected chi connectivity index (χ2v) is 4.12. The molecule has 0 heterocycles.